The average Bonchev–Trinajstić information content (AvgIpc) is 3.42. The van der Waals surface area contributed by atoms with Gasteiger partial charge in [0, 0.05) is 34.0 Å². The van der Waals surface area contributed by atoms with Gasteiger partial charge in [-0.25, -0.2) is 4.79 Å². The fourth-order valence-electron chi connectivity index (χ4n) is 5.72. The molecule has 1 saturated carbocycles. The van der Waals surface area contributed by atoms with Gasteiger partial charge in [-0.1, -0.05) is 37.5 Å². The molecule has 1 atom stereocenters. The van der Waals surface area contributed by atoms with Crippen LogP contribution in [0.3, 0.4) is 0 Å². The van der Waals surface area contributed by atoms with E-state index in [2.05, 4.69) is 57.5 Å². The molecule has 2 aliphatic rings. The van der Waals surface area contributed by atoms with E-state index in [-0.39, 0.29) is 17.9 Å². The fraction of sp³-hybridized carbons (Fsp3) is 0.581. The molecule has 0 unspecified atom stereocenters. The number of carbonyl (C=O) groups excluding carboxylic acids is 3. The molecule has 40 heavy (non-hydrogen) atoms. The van der Waals surface area contributed by atoms with Crippen molar-refractivity contribution in [3.05, 3.63) is 55.8 Å². The van der Waals surface area contributed by atoms with Crippen LogP contribution in [0.5, 0.6) is 0 Å². The maximum Gasteiger partial charge on any atom is 0.408 e. The molecule has 9 heteroatoms. The molecule has 3 amide bonds. The molecule has 1 saturated heterocycles. The monoisotopic (exact) mass is 679 g/mol. The molecular formula is C31H42IN3O4S. The summed E-state index contributed by atoms with van der Waals surface area (Å²) in [5, 5.41) is 8.18. The van der Waals surface area contributed by atoms with Gasteiger partial charge in [-0.15, -0.1) is 11.3 Å². The second kappa shape index (κ2) is 13.7. The van der Waals surface area contributed by atoms with Crippen LogP contribution in [0.15, 0.2) is 41.8 Å². The first kappa shape index (κ1) is 30.8. The summed E-state index contributed by atoms with van der Waals surface area (Å²) in [6.07, 6.45) is 7.26. The van der Waals surface area contributed by atoms with E-state index in [0.717, 1.165) is 39.7 Å². The second-order valence-corrected chi connectivity index (χ2v) is 14.5. The van der Waals surface area contributed by atoms with Crippen molar-refractivity contribution in [3.63, 3.8) is 0 Å². The summed E-state index contributed by atoms with van der Waals surface area (Å²) in [7, 11) is 0. The van der Waals surface area contributed by atoms with Gasteiger partial charge < -0.3 is 20.3 Å². The molecule has 2 aromatic rings. The number of alkyl carbamates (subject to hydrolysis) is 1. The molecule has 0 radical (unpaired) electrons. The number of nitrogens with zero attached hydrogens (tertiary/aromatic N) is 1. The first-order valence-corrected chi connectivity index (χ1v) is 16.3. The van der Waals surface area contributed by atoms with Crippen molar-refractivity contribution < 1.29 is 19.1 Å². The summed E-state index contributed by atoms with van der Waals surface area (Å²) in [6.45, 7) is 6.35. The van der Waals surface area contributed by atoms with Crippen LogP contribution in [0.4, 0.5) is 4.79 Å². The Kier molecular flexibility index (Phi) is 10.5. The molecule has 2 heterocycles. The molecule has 1 aromatic carbocycles. The van der Waals surface area contributed by atoms with E-state index in [1.165, 1.54) is 6.42 Å². The van der Waals surface area contributed by atoms with Crippen molar-refractivity contribution in [1.29, 1.82) is 0 Å². The molecular weight excluding hydrogens is 637 g/mol. The van der Waals surface area contributed by atoms with Crippen molar-refractivity contribution in [3.8, 4) is 0 Å². The van der Waals surface area contributed by atoms with Gasteiger partial charge in [0.2, 0.25) is 11.8 Å². The van der Waals surface area contributed by atoms with Crippen LogP contribution >= 0.6 is 33.9 Å². The Morgan fingerprint density at radius 2 is 1.75 bits per heavy atom. The normalized spacial score (nSPS) is 18.6. The largest absolute Gasteiger partial charge is 0.444 e. The van der Waals surface area contributed by atoms with Crippen LogP contribution in [-0.2, 0) is 27.2 Å². The lowest BCUT2D eigenvalue weighted by molar-refractivity contribution is -0.142. The van der Waals surface area contributed by atoms with Gasteiger partial charge in [-0.05, 0) is 105 Å². The molecule has 4 rings (SSSR count). The number of piperidine rings is 1. The number of likely N-dealkylation sites (tertiary alicyclic amines) is 1. The van der Waals surface area contributed by atoms with Gasteiger partial charge in [0.25, 0.3) is 0 Å². The summed E-state index contributed by atoms with van der Waals surface area (Å²) in [5.74, 6) is -0.0122. The van der Waals surface area contributed by atoms with Gasteiger partial charge in [0.05, 0.1) is 5.41 Å². The van der Waals surface area contributed by atoms with E-state index in [0.29, 0.717) is 38.8 Å². The van der Waals surface area contributed by atoms with E-state index in [4.69, 9.17) is 4.74 Å². The summed E-state index contributed by atoms with van der Waals surface area (Å²) >= 11 is 3.86. The zero-order valence-corrected chi connectivity index (χ0v) is 26.8. The highest BCUT2D eigenvalue weighted by molar-refractivity contribution is 14.1. The van der Waals surface area contributed by atoms with Crippen molar-refractivity contribution in [2.24, 2.45) is 5.41 Å². The number of ether oxygens (including phenoxy) is 1. The minimum atomic E-state index is -0.728. The molecule has 1 aliphatic carbocycles. The highest BCUT2D eigenvalue weighted by Gasteiger charge is 2.44. The van der Waals surface area contributed by atoms with E-state index >= 15 is 0 Å². The minimum Gasteiger partial charge on any atom is -0.444 e. The molecule has 1 aliphatic heterocycles. The Bertz CT molecular complexity index is 1130. The van der Waals surface area contributed by atoms with Crippen LogP contribution in [0.2, 0.25) is 0 Å². The van der Waals surface area contributed by atoms with Gasteiger partial charge in [0.1, 0.15) is 11.6 Å². The summed E-state index contributed by atoms with van der Waals surface area (Å²) < 4.78 is 6.63. The molecule has 0 spiro atoms. The van der Waals surface area contributed by atoms with Crippen LogP contribution in [-0.4, -0.2) is 53.6 Å². The van der Waals surface area contributed by atoms with Gasteiger partial charge in [0.15, 0.2) is 0 Å². The standard InChI is InChI=1S/C31H42IN3O4S/c1-30(2,3)39-29(38)34-26(20-25-10-7-19-40-25)27(36)35-17-15-31(16-18-35,21-22-11-13-23(32)14-12-22)28(37)33-24-8-5-4-6-9-24/h7,10-14,19,24,26H,4-6,8-9,15-18,20-21H2,1-3H3,(H,33,37)(H,34,38)/t26-/m0/s1. The number of hydrogen-bond donors (Lipinski definition) is 2. The van der Waals surface area contributed by atoms with E-state index in [9.17, 15) is 14.4 Å². The SMILES string of the molecule is CC(C)(C)OC(=O)N[C@@H](Cc1cccs1)C(=O)N1CCC(Cc2ccc(I)cc2)(C(=O)NC2CCCCC2)CC1. The molecule has 1 aromatic heterocycles. The van der Waals surface area contributed by atoms with Crippen LogP contribution in [0.1, 0.15) is 76.2 Å². The maximum atomic E-state index is 13.9. The van der Waals surface area contributed by atoms with E-state index in [1.807, 2.05) is 22.4 Å². The summed E-state index contributed by atoms with van der Waals surface area (Å²) in [5.41, 5.74) is -0.0868. The fourth-order valence-corrected chi connectivity index (χ4v) is 6.83. The average molecular weight is 680 g/mol. The Labute approximate surface area is 256 Å². The Hall–Kier alpha value is -2.14. The Morgan fingerprint density at radius 1 is 1.07 bits per heavy atom. The number of amides is 3. The minimum absolute atomic E-state index is 0.118. The summed E-state index contributed by atoms with van der Waals surface area (Å²) in [4.78, 5) is 43.1. The van der Waals surface area contributed by atoms with Crippen molar-refractivity contribution in [2.75, 3.05) is 13.1 Å². The maximum absolute atomic E-state index is 13.9. The number of carbonyl (C=O) groups is 3. The van der Waals surface area contributed by atoms with E-state index in [1.54, 1.807) is 32.1 Å². The predicted molar refractivity (Wildman–Crippen MR) is 167 cm³/mol. The number of rotatable bonds is 8. The Balaban J connectivity index is 1.48. The number of nitrogens with one attached hydrogen (secondary N) is 2. The lowest BCUT2D eigenvalue weighted by atomic mass is 9.72. The van der Waals surface area contributed by atoms with Gasteiger partial charge in [-0.2, -0.15) is 0 Å². The summed E-state index contributed by atoms with van der Waals surface area (Å²) in [6, 6.07) is 11.8. The lowest BCUT2D eigenvalue weighted by Crippen LogP contribution is -2.56. The van der Waals surface area contributed by atoms with Crippen molar-refractivity contribution in [1.82, 2.24) is 15.5 Å². The van der Waals surface area contributed by atoms with Crippen molar-refractivity contribution in [2.45, 2.75) is 96.2 Å². The first-order chi connectivity index (χ1) is 19.0. The molecule has 2 fully saturated rings. The molecule has 0 bridgehead atoms. The number of thiophene rings is 1. The Morgan fingerprint density at radius 3 is 2.35 bits per heavy atom. The van der Waals surface area contributed by atoms with Crippen LogP contribution < -0.4 is 10.6 Å². The molecule has 218 valence electrons. The number of benzene rings is 1. The highest BCUT2D eigenvalue weighted by atomic mass is 127. The highest BCUT2D eigenvalue weighted by Crippen LogP contribution is 2.37. The quantitative estimate of drug-likeness (QED) is 0.331. The number of halogens is 1. The third-order valence-corrected chi connectivity index (χ3v) is 9.50. The lowest BCUT2D eigenvalue weighted by Gasteiger charge is -2.42. The zero-order valence-electron chi connectivity index (χ0n) is 23.8. The van der Waals surface area contributed by atoms with E-state index < -0.39 is 23.2 Å². The van der Waals surface area contributed by atoms with Gasteiger partial charge in [-0.3, -0.25) is 9.59 Å². The van der Waals surface area contributed by atoms with Crippen LogP contribution in [0.25, 0.3) is 0 Å². The third-order valence-electron chi connectivity index (χ3n) is 7.88. The topological polar surface area (TPSA) is 87.7 Å². The second-order valence-electron chi connectivity index (χ2n) is 12.2. The van der Waals surface area contributed by atoms with Gasteiger partial charge >= 0.3 is 6.09 Å². The predicted octanol–water partition coefficient (Wildman–Crippen LogP) is 6.09. The first-order valence-electron chi connectivity index (χ1n) is 14.4. The molecule has 7 nitrogen and oxygen atoms in total. The smallest absolute Gasteiger partial charge is 0.408 e. The molecule has 2 N–H and O–H groups in total. The van der Waals surface area contributed by atoms with Crippen LogP contribution in [0, 0.1) is 8.99 Å². The van der Waals surface area contributed by atoms with Crippen molar-refractivity contribution >= 4 is 51.8 Å². The third kappa shape index (κ3) is 8.68. The zero-order chi connectivity index (χ0) is 28.8. The number of hydrogen-bond acceptors (Lipinski definition) is 5.